The van der Waals surface area contributed by atoms with Gasteiger partial charge in [-0.1, -0.05) is 18.5 Å². The molecular formula is C15H20ClNOS. The molecule has 0 aliphatic carbocycles. The van der Waals surface area contributed by atoms with Gasteiger partial charge in [0.1, 0.15) is 0 Å². The summed E-state index contributed by atoms with van der Waals surface area (Å²) in [6.07, 6.45) is 3.57. The van der Waals surface area contributed by atoms with Crippen molar-refractivity contribution in [3.05, 3.63) is 29.3 Å². The Hall–Kier alpha value is -0.670. The number of hydrogen-bond acceptors (Lipinski definition) is 2. The van der Waals surface area contributed by atoms with E-state index >= 15 is 0 Å². The normalized spacial score (nSPS) is 17.3. The first-order valence-electron chi connectivity index (χ1n) is 6.84. The molecule has 4 heteroatoms. The molecule has 0 saturated carbocycles. The van der Waals surface area contributed by atoms with E-state index in [1.54, 1.807) is 11.8 Å². The second kappa shape index (κ2) is 7.20. The van der Waals surface area contributed by atoms with Crippen LogP contribution in [0.1, 0.15) is 26.2 Å². The molecule has 1 heterocycles. The van der Waals surface area contributed by atoms with Crippen LogP contribution in [0, 0.1) is 5.92 Å². The van der Waals surface area contributed by atoms with E-state index in [1.807, 2.05) is 36.1 Å². The number of carbonyl (C=O) groups excluding carboxylic acids is 1. The molecule has 1 aliphatic rings. The van der Waals surface area contributed by atoms with Crippen molar-refractivity contribution >= 4 is 29.3 Å². The monoisotopic (exact) mass is 297 g/mol. The third-order valence-corrected chi connectivity index (χ3v) is 4.93. The van der Waals surface area contributed by atoms with E-state index in [4.69, 9.17) is 11.6 Å². The molecule has 1 amide bonds. The summed E-state index contributed by atoms with van der Waals surface area (Å²) < 4.78 is 0. The van der Waals surface area contributed by atoms with E-state index in [-0.39, 0.29) is 5.92 Å². The van der Waals surface area contributed by atoms with Crippen molar-refractivity contribution in [1.29, 1.82) is 0 Å². The van der Waals surface area contributed by atoms with Crippen LogP contribution in [-0.2, 0) is 4.79 Å². The van der Waals surface area contributed by atoms with E-state index in [1.165, 1.54) is 11.3 Å². The third-order valence-electron chi connectivity index (χ3n) is 3.40. The van der Waals surface area contributed by atoms with Crippen molar-refractivity contribution < 1.29 is 4.79 Å². The Morgan fingerprint density at radius 2 is 1.89 bits per heavy atom. The van der Waals surface area contributed by atoms with Gasteiger partial charge in [-0.15, -0.1) is 11.8 Å². The summed E-state index contributed by atoms with van der Waals surface area (Å²) in [6.45, 7) is 3.91. The van der Waals surface area contributed by atoms with Crippen LogP contribution >= 0.6 is 23.4 Å². The lowest BCUT2D eigenvalue weighted by atomic mass is 10.1. The molecule has 0 aromatic heterocycles. The van der Waals surface area contributed by atoms with Gasteiger partial charge in [0, 0.05) is 34.7 Å². The van der Waals surface area contributed by atoms with E-state index in [0.717, 1.165) is 36.7 Å². The quantitative estimate of drug-likeness (QED) is 0.781. The Labute approximate surface area is 124 Å². The number of nitrogens with zero attached hydrogens (tertiary/aromatic N) is 1. The van der Waals surface area contributed by atoms with E-state index < -0.39 is 0 Å². The predicted molar refractivity (Wildman–Crippen MR) is 81.8 cm³/mol. The van der Waals surface area contributed by atoms with Gasteiger partial charge in [0.25, 0.3) is 0 Å². The second-order valence-electron chi connectivity index (χ2n) is 5.05. The number of thioether (sulfide) groups is 1. The lowest BCUT2D eigenvalue weighted by Gasteiger charge is -2.29. The van der Waals surface area contributed by atoms with Crippen LogP contribution < -0.4 is 0 Å². The van der Waals surface area contributed by atoms with Gasteiger partial charge >= 0.3 is 0 Å². The number of carbonyl (C=O) groups is 1. The molecule has 1 atom stereocenters. The van der Waals surface area contributed by atoms with Crippen molar-refractivity contribution in [2.75, 3.05) is 18.8 Å². The molecule has 104 valence electrons. The van der Waals surface area contributed by atoms with E-state index in [9.17, 15) is 4.79 Å². The van der Waals surface area contributed by atoms with Gasteiger partial charge in [-0.05, 0) is 43.5 Å². The lowest BCUT2D eigenvalue weighted by Crippen LogP contribution is -2.39. The topological polar surface area (TPSA) is 20.3 Å². The number of amides is 1. The number of benzene rings is 1. The zero-order valence-electron chi connectivity index (χ0n) is 11.3. The maximum atomic E-state index is 12.3. The SMILES string of the molecule is CC(CSc1ccc(Cl)cc1)C(=O)N1CCCCC1. The summed E-state index contributed by atoms with van der Waals surface area (Å²) in [4.78, 5) is 15.5. The predicted octanol–water partition coefficient (Wildman–Crippen LogP) is 4.08. The molecule has 0 spiro atoms. The van der Waals surface area contributed by atoms with Crippen LogP contribution in [0.25, 0.3) is 0 Å². The molecule has 0 bridgehead atoms. The molecule has 1 fully saturated rings. The fourth-order valence-electron chi connectivity index (χ4n) is 2.25. The first kappa shape index (κ1) is 14.7. The third kappa shape index (κ3) is 4.43. The maximum Gasteiger partial charge on any atom is 0.226 e. The van der Waals surface area contributed by atoms with Crippen molar-refractivity contribution in [2.45, 2.75) is 31.1 Å². The maximum absolute atomic E-state index is 12.3. The smallest absolute Gasteiger partial charge is 0.226 e. The fraction of sp³-hybridized carbons (Fsp3) is 0.533. The van der Waals surface area contributed by atoms with Gasteiger partial charge in [0.15, 0.2) is 0 Å². The highest BCUT2D eigenvalue weighted by Crippen LogP contribution is 2.24. The summed E-state index contributed by atoms with van der Waals surface area (Å²) >= 11 is 7.58. The molecule has 0 radical (unpaired) electrons. The highest BCUT2D eigenvalue weighted by molar-refractivity contribution is 7.99. The van der Waals surface area contributed by atoms with Crippen LogP contribution in [0.2, 0.25) is 5.02 Å². The molecule has 1 aliphatic heterocycles. The van der Waals surface area contributed by atoms with Crippen LogP contribution in [0.4, 0.5) is 0 Å². The molecule has 1 aromatic carbocycles. The van der Waals surface area contributed by atoms with Crippen molar-refractivity contribution in [1.82, 2.24) is 4.90 Å². The molecule has 1 saturated heterocycles. The Morgan fingerprint density at radius 1 is 1.26 bits per heavy atom. The average Bonchev–Trinajstić information content (AvgIpc) is 2.46. The Bertz CT molecular complexity index is 415. The molecule has 1 unspecified atom stereocenters. The molecule has 1 aromatic rings. The lowest BCUT2D eigenvalue weighted by molar-refractivity contribution is -0.135. The Balaban J connectivity index is 1.81. The Morgan fingerprint density at radius 3 is 2.53 bits per heavy atom. The fourth-order valence-corrected chi connectivity index (χ4v) is 3.29. The number of hydrogen-bond donors (Lipinski definition) is 0. The largest absolute Gasteiger partial charge is 0.342 e. The Kier molecular flexibility index (Phi) is 5.59. The molecule has 19 heavy (non-hydrogen) atoms. The first-order valence-corrected chi connectivity index (χ1v) is 8.20. The minimum absolute atomic E-state index is 0.0822. The standard InChI is InChI=1S/C15H20ClNOS/c1-12(15(18)17-9-3-2-4-10-17)11-19-14-7-5-13(16)6-8-14/h5-8,12H,2-4,9-11H2,1H3. The van der Waals surface area contributed by atoms with Crippen LogP contribution in [0.5, 0.6) is 0 Å². The summed E-state index contributed by atoms with van der Waals surface area (Å²) in [7, 11) is 0. The van der Waals surface area contributed by atoms with Crippen LogP contribution in [0.3, 0.4) is 0 Å². The number of rotatable bonds is 4. The minimum atomic E-state index is 0.0822. The first-order chi connectivity index (χ1) is 9.16. The van der Waals surface area contributed by atoms with Crippen molar-refractivity contribution in [3.63, 3.8) is 0 Å². The minimum Gasteiger partial charge on any atom is -0.342 e. The molecular weight excluding hydrogens is 278 g/mol. The molecule has 2 rings (SSSR count). The van der Waals surface area contributed by atoms with E-state index in [2.05, 4.69) is 0 Å². The molecule has 0 N–H and O–H groups in total. The van der Waals surface area contributed by atoms with Gasteiger partial charge in [-0.25, -0.2) is 0 Å². The van der Waals surface area contributed by atoms with Crippen molar-refractivity contribution in [3.8, 4) is 0 Å². The van der Waals surface area contributed by atoms with Gasteiger partial charge < -0.3 is 4.90 Å². The number of halogens is 1. The average molecular weight is 298 g/mol. The van der Waals surface area contributed by atoms with Gasteiger partial charge in [-0.3, -0.25) is 4.79 Å². The second-order valence-corrected chi connectivity index (χ2v) is 6.58. The van der Waals surface area contributed by atoms with Gasteiger partial charge in [0.2, 0.25) is 5.91 Å². The number of piperidine rings is 1. The van der Waals surface area contributed by atoms with Crippen molar-refractivity contribution in [2.24, 2.45) is 5.92 Å². The van der Waals surface area contributed by atoms with Gasteiger partial charge in [-0.2, -0.15) is 0 Å². The van der Waals surface area contributed by atoms with Gasteiger partial charge in [0.05, 0.1) is 0 Å². The number of likely N-dealkylation sites (tertiary alicyclic amines) is 1. The summed E-state index contributed by atoms with van der Waals surface area (Å²) in [6, 6.07) is 7.79. The molecule has 2 nitrogen and oxygen atoms in total. The van der Waals surface area contributed by atoms with Crippen LogP contribution in [-0.4, -0.2) is 29.6 Å². The summed E-state index contributed by atoms with van der Waals surface area (Å²) in [5.74, 6) is 1.22. The zero-order chi connectivity index (χ0) is 13.7. The summed E-state index contributed by atoms with van der Waals surface area (Å²) in [5.41, 5.74) is 0. The zero-order valence-corrected chi connectivity index (χ0v) is 12.8. The van der Waals surface area contributed by atoms with E-state index in [0.29, 0.717) is 5.91 Å². The highest BCUT2D eigenvalue weighted by Gasteiger charge is 2.21. The van der Waals surface area contributed by atoms with Crippen LogP contribution in [0.15, 0.2) is 29.2 Å². The highest BCUT2D eigenvalue weighted by atomic mass is 35.5. The summed E-state index contributed by atoms with van der Waals surface area (Å²) in [5, 5.41) is 0.752.